The summed E-state index contributed by atoms with van der Waals surface area (Å²) in [4.78, 5) is 24.8. The number of alkyl halides is 1. The van der Waals surface area contributed by atoms with Crippen LogP contribution in [0.25, 0.3) is 0 Å². The van der Waals surface area contributed by atoms with Crippen LogP contribution in [0.1, 0.15) is 5.56 Å². The number of ether oxygens (including phenoxy) is 1. The van der Waals surface area contributed by atoms with Gasteiger partial charge in [-0.3, -0.25) is 0 Å². The van der Waals surface area contributed by atoms with Gasteiger partial charge >= 0.3 is 12.2 Å². The highest BCUT2D eigenvalue weighted by molar-refractivity contribution is 5.69. The number of likely N-dealkylation sites (tertiary alicyclic amines) is 1. The fraction of sp³-hybridized carbons (Fsp3) is 0.429. The number of amides is 2. The minimum absolute atomic E-state index is 0.0482. The lowest BCUT2D eigenvalue weighted by molar-refractivity contribution is 0.0805. The molecule has 1 N–H and O–H groups in total. The number of carbonyl (C=O) groups is 2. The number of hydrogen-bond donors (Lipinski definition) is 1. The molecular formula is C14H17FN2O4. The molecule has 0 unspecified atom stereocenters. The summed E-state index contributed by atoms with van der Waals surface area (Å²) >= 11 is 0. The molecule has 1 aromatic carbocycles. The molecule has 0 aromatic heterocycles. The average Bonchev–Trinajstić information content (AvgIpc) is 2.87. The van der Waals surface area contributed by atoms with Crippen molar-refractivity contribution in [2.24, 2.45) is 0 Å². The molecule has 2 amide bonds. The molecule has 6 nitrogen and oxygen atoms in total. The Morgan fingerprint density at radius 2 is 2.05 bits per heavy atom. The molecule has 1 heterocycles. The van der Waals surface area contributed by atoms with Crippen LogP contribution in [0.15, 0.2) is 30.3 Å². The zero-order valence-corrected chi connectivity index (χ0v) is 11.6. The maximum Gasteiger partial charge on any atom is 0.410 e. The Labute approximate surface area is 121 Å². The van der Waals surface area contributed by atoms with Crippen molar-refractivity contribution in [2.75, 3.05) is 20.1 Å². The van der Waals surface area contributed by atoms with Gasteiger partial charge in [0, 0.05) is 13.6 Å². The van der Waals surface area contributed by atoms with Gasteiger partial charge in [-0.2, -0.15) is 0 Å². The van der Waals surface area contributed by atoms with Gasteiger partial charge in [0.1, 0.15) is 12.8 Å². The molecule has 0 spiro atoms. The summed E-state index contributed by atoms with van der Waals surface area (Å²) in [6.07, 6.45) is -3.26. The molecule has 1 fully saturated rings. The standard InChI is InChI=1S/C14H17FN2O4/c1-16(12-8-17(13(18)19)7-11(12)15)14(20)21-9-10-5-3-2-4-6-10/h2-6,11-12H,7-9H2,1H3,(H,18,19)/t11-,12+/m0/s1. The van der Waals surface area contributed by atoms with Crippen molar-refractivity contribution in [3.05, 3.63) is 35.9 Å². The highest BCUT2D eigenvalue weighted by Crippen LogP contribution is 2.19. The molecule has 7 heteroatoms. The van der Waals surface area contributed by atoms with Crippen LogP contribution in [0.5, 0.6) is 0 Å². The Morgan fingerprint density at radius 3 is 2.62 bits per heavy atom. The molecule has 114 valence electrons. The third kappa shape index (κ3) is 3.62. The number of hydrogen-bond acceptors (Lipinski definition) is 3. The van der Waals surface area contributed by atoms with Crippen LogP contribution in [-0.4, -0.2) is 59.4 Å². The average molecular weight is 296 g/mol. The lowest BCUT2D eigenvalue weighted by Gasteiger charge is -2.24. The van der Waals surface area contributed by atoms with Gasteiger partial charge in [-0.15, -0.1) is 0 Å². The smallest absolute Gasteiger partial charge is 0.410 e. The van der Waals surface area contributed by atoms with Crippen LogP contribution in [-0.2, 0) is 11.3 Å². The second-order valence-corrected chi connectivity index (χ2v) is 4.92. The number of likely N-dealkylation sites (N-methyl/N-ethyl adjacent to an activating group) is 1. The SMILES string of the molecule is CN(C(=O)OCc1ccccc1)[C@@H]1CN(C(=O)O)C[C@@H]1F. The zero-order valence-electron chi connectivity index (χ0n) is 11.6. The van der Waals surface area contributed by atoms with Gasteiger partial charge in [-0.25, -0.2) is 14.0 Å². The Kier molecular flexibility index (Phi) is 4.62. The fourth-order valence-electron chi connectivity index (χ4n) is 2.22. The van der Waals surface area contributed by atoms with E-state index in [4.69, 9.17) is 9.84 Å². The number of carboxylic acid groups (broad SMARTS) is 1. The van der Waals surface area contributed by atoms with E-state index in [0.717, 1.165) is 15.4 Å². The largest absolute Gasteiger partial charge is 0.465 e. The summed E-state index contributed by atoms with van der Waals surface area (Å²) in [6, 6.07) is 8.31. The minimum Gasteiger partial charge on any atom is -0.465 e. The van der Waals surface area contributed by atoms with Gasteiger partial charge in [-0.05, 0) is 5.56 Å². The van der Waals surface area contributed by atoms with Gasteiger partial charge in [-0.1, -0.05) is 30.3 Å². The van der Waals surface area contributed by atoms with Crippen molar-refractivity contribution < 1.29 is 23.8 Å². The van der Waals surface area contributed by atoms with Crippen molar-refractivity contribution in [2.45, 2.75) is 18.8 Å². The Morgan fingerprint density at radius 1 is 1.38 bits per heavy atom. The quantitative estimate of drug-likeness (QED) is 0.925. The van der Waals surface area contributed by atoms with Crippen LogP contribution < -0.4 is 0 Å². The molecule has 0 radical (unpaired) electrons. The number of nitrogens with zero attached hydrogens (tertiary/aromatic N) is 2. The summed E-state index contributed by atoms with van der Waals surface area (Å²) in [5, 5.41) is 8.85. The molecular weight excluding hydrogens is 279 g/mol. The molecule has 1 aliphatic rings. The van der Waals surface area contributed by atoms with Gasteiger partial charge in [0.2, 0.25) is 0 Å². The Bertz CT molecular complexity index is 511. The highest BCUT2D eigenvalue weighted by Gasteiger charge is 2.40. The first kappa shape index (κ1) is 15.1. The van der Waals surface area contributed by atoms with Crippen LogP contribution in [0, 0.1) is 0 Å². The summed E-state index contributed by atoms with van der Waals surface area (Å²) in [6.45, 7) is -0.180. The predicted octanol–water partition coefficient (Wildman–Crippen LogP) is 1.96. The number of carbonyl (C=O) groups excluding carboxylic acids is 1. The first-order valence-electron chi connectivity index (χ1n) is 6.54. The van der Waals surface area contributed by atoms with E-state index in [1.165, 1.54) is 7.05 Å². The van der Waals surface area contributed by atoms with E-state index in [0.29, 0.717) is 0 Å². The molecule has 2 atom stereocenters. The summed E-state index contributed by atoms with van der Waals surface area (Å²) in [5.74, 6) is 0. The van der Waals surface area contributed by atoms with Crippen molar-refractivity contribution in [3.63, 3.8) is 0 Å². The molecule has 0 aliphatic carbocycles. The lowest BCUT2D eigenvalue weighted by atomic mass is 10.2. The predicted molar refractivity (Wildman–Crippen MR) is 72.7 cm³/mol. The Hall–Kier alpha value is -2.31. The van der Waals surface area contributed by atoms with Crippen LogP contribution >= 0.6 is 0 Å². The minimum atomic E-state index is -1.41. The summed E-state index contributed by atoms with van der Waals surface area (Å²) in [5.41, 5.74) is 0.828. The summed E-state index contributed by atoms with van der Waals surface area (Å²) in [7, 11) is 1.41. The van der Waals surface area contributed by atoms with Crippen molar-refractivity contribution in [3.8, 4) is 0 Å². The molecule has 0 saturated carbocycles. The van der Waals surface area contributed by atoms with E-state index in [1.807, 2.05) is 30.3 Å². The van der Waals surface area contributed by atoms with Crippen molar-refractivity contribution >= 4 is 12.2 Å². The third-order valence-corrected chi connectivity index (χ3v) is 3.48. The van der Waals surface area contributed by atoms with Gasteiger partial charge in [0.05, 0.1) is 12.6 Å². The third-order valence-electron chi connectivity index (χ3n) is 3.48. The van der Waals surface area contributed by atoms with E-state index in [2.05, 4.69) is 0 Å². The summed E-state index contributed by atoms with van der Waals surface area (Å²) < 4.78 is 18.9. The zero-order chi connectivity index (χ0) is 15.4. The topological polar surface area (TPSA) is 70.1 Å². The molecule has 21 heavy (non-hydrogen) atoms. The molecule has 2 rings (SSSR count). The van der Waals surface area contributed by atoms with E-state index in [1.54, 1.807) is 0 Å². The number of benzene rings is 1. The van der Waals surface area contributed by atoms with Crippen LogP contribution in [0.2, 0.25) is 0 Å². The number of rotatable bonds is 3. The lowest BCUT2D eigenvalue weighted by Crippen LogP contribution is -2.43. The normalized spacial score (nSPS) is 21.1. The van der Waals surface area contributed by atoms with Crippen molar-refractivity contribution in [1.29, 1.82) is 0 Å². The van der Waals surface area contributed by atoms with E-state index >= 15 is 0 Å². The first-order valence-corrected chi connectivity index (χ1v) is 6.54. The first-order chi connectivity index (χ1) is 9.99. The maximum absolute atomic E-state index is 13.8. The second-order valence-electron chi connectivity index (χ2n) is 4.92. The highest BCUT2D eigenvalue weighted by atomic mass is 19.1. The fourth-order valence-corrected chi connectivity index (χ4v) is 2.22. The van der Waals surface area contributed by atoms with E-state index in [9.17, 15) is 14.0 Å². The van der Waals surface area contributed by atoms with Gasteiger partial charge in [0.15, 0.2) is 0 Å². The molecule has 1 aliphatic heterocycles. The van der Waals surface area contributed by atoms with Crippen molar-refractivity contribution in [1.82, 2.24) is 9.80 Å². The van der Waals surface area contributed by atoms with Gasteiger partial charge < -0.3 is 19.6 Å². The second kappa shape index (κ2) is 6.43. The van der Waals surface area contributed by atoms with Crippen LogP contribution in [0.4, 0.5) is 14.0 Å². The monoisotopic (exact) mass is 296 g/mol. The van der Waals surface area contributed by atoms with E-state index in [-0.39, 0.29) is 19.7 Å². The number of halogens is 1. The van der Waals surface area contributed by atoms with Gasteiger partial charge in [0.25, 0.3) is 0 Å². The molecule has 0 bridgehead atoms. The van der Waals surface area contributed by atoms with E-state index < -0.39 is 24.4 Å². The maximum atomic E-state index is 13.8. The Balaban J connectivity index is 1.89. The molecule has 1 saturated heterocycles. The van der Waals surface area contributed by atoms with Crippen LogP contribution in [0.3, 0.4) is 0 Å². The molecule has 1 aromatic rings.